The van der Waals surface area contributed by atoms with Crippen molar-refractivity contribution in [2.45, 2.75) is 51.9 Å². The molecule has 4 heterocycles. The maximum atomic E-state index is 14.3. The van der Waals surface area contributed by atoms with E-state index < -0.39 is 40.7 Å². The van der Waals surface area contributed by atoms with Crippen molar-refractivity contribution in [2.24, 2.45) is 18.9 Å². The minimum atomic E-state index is -4.70. The van der Waals surface area contributed by atoms with Crippen LogP contribution >= 0.6 is 11.6 Å². The van der Waals surface area contributed by atoms with Crippen LogP contribution in [0.4, 0.5) is 24.7 Å². The standard InChI is InChI=1S/C32H32ClF3N6O2/c1-18(2)13-22-16-38-42-27-17-40(30(43)21-7-10-26(33)25(15-21)32(34,35)36)19(3)14-24(27)31(44)41(29(22)42)23-8-5-20(6-9-23)28-37-11-12-39(28)4/h5-12,15-16,18-19,24,27H,13-14,17H2,1-4H3/t19-,24?,27?/m1/s1. The Hall–Kier alpha value is -4.12. The Kier molecular flexibility index (Phi) is 7.55. The van der Waals surface area contributed by atoms with E-state index in [0.29, 0.717) is 30.3 Å². The van der Waals surface area contributed by atoms with E-state index in [2.05, 4.69) is 18.8 Å². The highest BCUT2D eigenvalue weighted by Crippen LogP contribution is 2.45. The molecule has 0 spiro atoms. The molecule has 2 aromatic carbocycles. The Morgan fingerprint density at radius 1 is 1.14 bits per heavy atom. The summed E-state index contributed by atoms with van der Waals surface area (Å²) in [5.41, 5.74) is 1.35. The third-order valence-electron chi connectivity index (χ3n) is 8.49. The molecular formula is C32H32ClF3N6O2. The van der Waals surface area contributed by atoms with E-state index in [4.69, 9.17) is 16.7 Å². The molecule has 0 aliphatic carbocycles. The molecule has 0 radical (unpaired) electrons. The van der Waals surface area contributed by atoms with Crippen LogP contribution in [0.25, 0.3) is 11.4 Å². The number of aryl methyl sites for hydroxylation is 1. The fourth-order valence-electron chi connectivity index (χ4n) is 6.39. The summed E-state index contributed by atoms with van der Waals surface area (Å²) in [6.07, 6.45) is 1.70. The summed E-state index contributed by atoms with van der Waals surface area (Å²) >= 11 is 5.80. The smallest absolute Gasteiger partial charge is 0.334 e. The summed E-state index contributed by atoms with van der Waals surface area (Å²) in [6.45, 7) is 6.12. The third kappa shape index (κ3) is 5.16. The van der Waals surface area contributed by atoms with Gasteiger partial charge in [0.2, 0.25) is 5.91 Å². The first-order valence-electron chi connectivity index (χ1n) is 14.5. The molecule has 6 rings (SSSR count). The molecule has 8 nitrogen and oxygen atoms in total. The normalized spacial score (nSPS) is 20.2. The lowest BCUT2D eigenvalue weighted by Crippen LogP contribution is -2.56. The molecule has 0 bridgehead atoms. The number of carbonyl (C=O) groups is 2. The molecule has 4 aromatic rings. The minimum absolute atomic E-state index is 0.0949. The minimum Gasteiger partial charge on any atom is -0.334 e. The van der Waals surface area contributed by atoms with Crippen molar-refractivity contribution >= 4 is 34.9 Å². The highest BCUT2D eigenvalue weighted by atomic mass is 35.5. The van der Waals surface area contributed by atoms with Gasteiger partial charge in [-0.15, -0.1) is 0 Å². The van der Waals surface area contributed by atoms with E-state index in [0.717, 1.165) is 29.1 Å². The molecule has 2 aromatic heterocycles. The lowest BCUT2D eigenvalue weighted by atomic mass is 9.84. The van der Waals surface area contributed by atoms with Gasteiger partial charge in [0.15, 0.2) is 0 Å². The molecule has 2 aliphatic heterocycles. The molecule has 1 fully saturated rings. The van der Waals surface area contributed by atoms with Crippen LogP contribution < -0.4 is 4.90 Å². The summed E-state index contributed by atoms with van der Waals surface area (Å²) in [5.74, 6) is 0.625. The number of fused-ring (bicyclic) bond motifs is 3. The van der Waals surface area contributed by atoms with Crippen molar-refractivity contribution in [3.63, 3.8) is 0 Å². The first kappa shape index (κ1) is 29.9. The maximum absolute atomic E-state index is 14.3. The Labute approximate surface area is 258 Å². The van der Waals surface area contributed by atoms with Crippen LogP contribution in [0.3, 0.4) is 0 Å². The fraction of sp³-hybridized carbons (Fsp3) is 0.375. The summed E-state index contributed by atoms with van der Waals surface area (Å²) in [7, 11) is 1.92. The molecule has 3 atom stereocenters. The summed E-state index contributed by atoms with van der Waals surface area (Å²) < 4.78 is 44.4. The molecular weight excluding hydrogens is 593 g/mol. The molecule has 44 heavy (non-hydrogen) atoms. The van der Waals surface area contributed by atoms with Crippen LogP contribution in [0.5, 0.6) is 0 Å². The number of carbonyl (C=O) groups excluding carboxylic acids is 2. The second-order valence-electron chi connectivity index (χ2n) is 12.0. The Morgan fingerprint density at radius 3 is 2.50 bits per heavy atom. The van der Waals surface area contributed by atoms with E-state index in [1.807, 2.05) is 53.7 Å². The largest absolute Gasteiger partial charge is 0.417 e. The number of nitrogens with zero attached hydrogens (tertiary/aromatic N) is 6. The number of alkyl halides is 3. The molecule has 12 heteroatoms. The van der Waals surface area contributed by atoms with Crippen molar-refractivity contribution in [1.29, 1.82) is 0 Å². The number of benzene rings is 2. The number of anilines is 2. The second kappa shape index (κ2) is 11.1. The van der Waals surface area contributed by atoms with E-state index >= 15 is 0 Å². The number of aromatic nitrogens is 4. The predicted molar refractivity (Wildman–Crippen MR) is 161 cm³/mol. The van der Waals surface area contributed by atoms with E-state index in [-0.39, 0.29) is 18.0 Å². The molecule has 0 saturated carbocycles. The van der Waals surface area contributed by atoms with Gasteiger partial charge in [-0.2, -0.15) is 18.3 Å². The van der Waals surface area contributed by atoms with Crippen molar-refractivity contribution in [3.05, 3.63) is 82.8 Å². The lowest BCUT2D eigenvalue weighted by molar-refractivity contribution is -0.137. The van der Waals surface area contributed by atoms with Gasteiger partial charge in [0.25, 0.3) is 5.91 Å². The number of likely N-dealkylation sites (tertiary alicyclic amines) is 1. The van der Waals surface area contributed by atoms with Crippen LogP contribution in [0, 0.1) is 11.8 Å². The van der Waals surface area contributed by atoms with E-state index in [1.165, 1.54) is 6.07 Å². The summed E-state index contributed by atoms with van der Waals surface area (Å²) in [6, 6.07) is 10.00. The fourth-order valence-corrected chi connectivity index (χ4v) is 6.61. The average Bonchev–Trinajstić information content (AvgIpc) is 3.58. The van der Waals surface area contributed by atoms with Gasteiger partial charge in [0.1, 0.15) is 11.6 Å². The molecule has 230 valence electrons. The highest BCUT2D eigenvalue weighted by Gasteiger charge is 2.48. The quantitative estimate of drug-likeness (QED) is 0.241. The third-order valence-corrected chi connectivity index (χ3v) is 8.82. The number of halogens is 4. The van der Waals surface area contributed by atoms with Gasteiger partial charge in [-0.05, 0) is 68.1 Å². The molecule has 2 amide bonds. The number of piperidine rings is 1. The van der Waals surface area contributed by atoms with Gasteiger partial charge < -0.3 is 9.47 Å². The Bertz CT molecular complexity index is 1730. The van der Waals surface area contributed by atoms with Gasteiger partial charge >= 0.3 is 6.18 Å². The van der Waals surface area contributed by atoms with Crippen LogP contribution in [0.2, 0.25) is 5.02 Å². The molecule has 0 N–H and O–H groups in total. The SMILES string of the molecule is CC(C)Cc1cnn2c1N(c1ccc(-c3nccn3C)cc1)C(=O)C1C[C@@H](C)N(C(=O)c3ccc(Cl)c(C(F)(F)F)c3)CC12. The molecule has 2 aliphatic rings. The van der Waals surface area contributed by atoms with Gasteiger partial charge in [0, 0.05) is 48.7 Å². The van der Waals surface area contributed by atoms with E-state index in [9.17, 15) is 22.8 Å². The van der Waals surface area contributed by atoms with Gasteiger partial charge in [-0.1, -0.05) is 25.4 Å². The van der Waals surface area contributed by atoms with Crippen LogP contribution in [-0.2, 0) is 24.4 Å². The predicted octanol–water partition coefficient (Wildman–Crippen LogP) is 6.92. The second-order valence-corrected chi connectivity index (χ2v) is 12.4. The lowest BCUT2D eigenvalue weighted by Gasteiger charge is -2.47. The highest BCUT2D eigenvalue weighted by molar-refractivity contribution is 6.31. The van der Waals surface area contributed by atoms with Crippen molar-refractivity contribution in [1.82, 2.24) is 24.2 Å². The zero-order valence-corrected chi connectivity index (χ0v) is 25.5. The van der Waals surface area contributed by atoms with Gasteiger partial charge in [-0.3, -0.25) is 14.5 Å². The summed E-state index contributed by atoms with van der Waals surface area (Å²) in [4.78, 5) is 35.7. The topological polar surface area (TPSA) is 76.3 Å². The monoisotopic (exact) mass is 624 g/mol. The average molecular weight is 625 g/mol. The number of amides is 2. The zero-order valence-electron chi connectivity index (χ0n) is 24.7. The first-order valence-corrected chi connectivity index (χ1v) is 14.9. The van der Waals surface area contributed by atoms with Gasteiger partial charge in [-0.25, -0.2) is 9.67 Å². The number of rotatable bonds is 5. The number of imidazole rings is 1. The maximum Gasteiger partial charge on any atom is 0.417 e. The van der Waals surface area contributed by atoms with Crippen LogP contribution in [-0.4, -0.2) is 48.6 Å². The zero-order chi connectivity index (χ0) is 31.5. The summed E-state index contributed by atoms with van der Waals surface area (Å²) in [5, 5.41) is 4.26. The molecule has 2 unspecified atom stereocenters. The van der Waals surface area contributed by atoms with Crippen molar-refractivity contribution < 1.29 is 22.8 Å². The Balaban J connectivity index is 1.37. The van der Waals surface area contributed by atoms with Crippen LogP contribution in [0.15, 0.2) is 61.1 Å². The van der Waals surface area contributed by atoms with Crippen molar-refractivity contribution in [3.8, 4) is 11.4 Å². The number of hydrogen-bond donors (Lipinski definition) is 0. The molecule has 1 saturated heterocycles. The first-order chi connectivity index (χ1) is 20.8. The number of hydrogen-bond acceptors (Lipinski definition) is 4. The van der Waals surface area contributed by atoms with Crippen LogP contribution in [0.1, 0.15) is 54.7 Å². The van der Waals surface area contributed by atoms with Gasteiger partial charge in [0.05, 0.1) is 34.4 Å². The Morgan fingerprint density at radius 2 is 1.86 bits per heavy atom. The van der Waals surface area contributed by atoms with Crippen molar-refractivity contribution in [2.75, 3.05) is 11.4 Å². The van der Waals surface area contributed by atoms with E-state index in [1.54, 1.807) is 22.2 Å².